The Morgan fingerprint density at radius 2 is 2.10 bits per heavy atom. The summed E-state index contributed by atoms with van der Waals surface area (Å²) in [6.07, 6.45) is 2.41. The van der Waals surface area contributed by atoms with Crippen molar-refractivity contribution in [3.8, 4) is 11.5 Å². The third-order valence-corrected chi connectivity index (χ3v) is 3.29. The molecule has 1 aliphatic rings. The van der Waals surface area contributed by atoms with Crippen molar-refractivity contribution in [1.29, 1.82) is 0 Å². The van der Waals surface area contributed by atoms with E-state index in [9.17, 15) is 4.79 Å². The van der Waals surface area contributed by atoms with Crippen LogP contribution >= 0.6 is 12.2 Å². The molecular formula is C14H18N2O3S. The lowest BCUT2D eigenvalue weighted by atomic mass is 10.2. The lowest BCUT2D eigenvalue weighted by Crippen LogP contribution is -2.30. The molecule has 0 bridgehead atoms. The summed E-state index contributed by atoms with van der Waals surface area (Å²) in [5.41, 5.74) is 6.24. The summed E-state index contributed by atoms with van der Waals surface area (Å²) in [6.45, 7) is 0.703. The maximum absolute atomic E-state index is 11.6. The van der Waals surface area contributed by atoms with Crippen LogP contribution in [0.15, 0.2) is 18.2 Å². The molecule has 3 N–H and O–H groups in total. The van der Waals surface area contributed by atoms with Gasteiger partial charge in [-0.1, -0.05) is 12.2 Å². The standard InChI is InChI=1S/C14H18N2O3S/c1-18-11-4-10(14(15)20)5-12(6-11)19-8-13(17)16-7-9-2-3-9/h4-6,9H,2-3,7-8H2,1H3,(H2,15,20)(H,16,17). The molecule has 1 aromatic rings. The molecule has 0 unspecified atom stereocenters. The maximum atomic E-state index is 11.6. The fourth-order valence-corrected chi connectivity index (χ4v) is 1.81. The fourth-order valence-electron chi connectivity index (χ4n) is 1.70. The number of hydrogen-bond donors (Lipinski definition) is 2. The number of rotatable bonds is 7. The van der Waals surface area contributed by atoms with Gasteiger partial charge >= 0.3 is 0 Å². The first-order chi connectivity index (χ1) is 9.58. The van der Waals surface area contributed by atoms with Crippen LogP contribution < -0.4 is 20.5 Å². The van der Waals surface area contributed by atoms with Crippen LogP contribution in [-0.2, 0) is 4.79 Å². The quantitative estimate of drug-likeness (QED) is 0.740. The first kappa shape index (κ1) is 14.6. The van der Waals surface area contributed by atoms with Crippen LogP contribution in [0.25, 0.3) is 0 Å². The highest BCUT2D eigenvalue weighted by Crippen LogP contribution is 2.27. The highest BCUT2D eigenvalue weighted by atomic mass is 32.1. The highest BCUT2D eigenvalue weighted by molar-refractivity contribution is 7.80. The lowest BCUT2D eigenvalue weighted by Gasteiger charge is -2.10. The fraction of sp³-hybridized carbons (Fsp3) is 0.429. The molecular weight excluding hydrogens is 276 g/mol. The average Bonchev–Trinajstić information content (AvgIpc) is 3.26. The number of ether oxygens (including phenoxy) is 2. The monoisotopic (exact) mass is 294 g/mol. The van der Waals surface area contributed by atoms with Crippen LogP contribution in [0.4, 0.5) is 0 Å². The van der Waals surface area contributed by atoms with Gasteiger partial charge < -0.3 is 20.5 Å². The van der Waals surface area contributed by atoms with Crippen molar-refractivity contribution in [3.05, 3.63) is 23.8 Å². The molecule has 1 saturated carbocycles. The van der Waals surface area contributed by atoms with E-state index in [0.29, 0.717) is 23.0 Å². The summed E-state index contributed by atoms with van der Waals surface area (Å²) in [6, 6.07) is 5.11. The van der Waals surface area contributed by atoms with E-state index in [1.807, 2.05) is 0 Å². The van der Waals surface area contributed by atoms with Gasteiger partial charge in [0.15, 0.2) is 6.61 Å². The van der Waals surface area contributed by atoms with Crippen molar-refractivity contribution in [2.45, 2.75) is 12.8 Å². The average molecular weight is 294 g/mol. The Bertz CT molecular complexity index is 515. The number of nitrogens with one attached hydrogen (secondary N) is 1. The molecule has 1 aliphatic carbocycles. The lowest BCUT2D eigenvalue weighted by molar-refractivity contribution is -0.123. The molecule has 20 heavy (non-hydrogen) atoms. The second-order valence-electron chi connectivity index (χ2n) is 4.80. The van der Waals surface area contributed by atoms with E-state index in [2.05, 4.69) is 5.32 Å². The van der Waals surface area contributed by atoms with Gasteiger partial charge in [0.1, 0.15) is 16.5 Å². The normalized spacial score (nSPS) is 13.7. The molecule has 5 nitrogen and oxygen atoms in total. The van der Waals surface area contributed by atoms with E-state index >= 15 is 0 Å². The predicted molar refractivity (Wildman–Crippen MR) is 80.1 cm³/mol. The van der Waals surface area contributed by atoms with E-state index in [-0.39, 0.29) is 17.5 Å². The molecule has 0 aromatic heterocycles. The molecule has 0 heterocycles. The molecule has 0 spiro atoms. The first-order valence-corrected chi connectivity index (χ1v) is 6.87. The Morgan fingerprint density at radius 3 is 2.70 bits per heavy atom. The molecule has 108 valence electrons. The van der Waals surface area contributed by atoms with Crippen molar-refractivity contribution >= 4 is 23.1 Å². The SMILES string of the molecule is COc1cc(OCC(=O)NCC2CC2)cc(C(N)=S)c1. The largest absolute Gasteiger partial charge is 0.497 e. The predicted octanol–water partition coefficient (Wildman–Crippen LogP) is 1.23. The second kappa shape index (κ2) is 6.56. The van der Waals surface area contributed by atoms with Crippen molar-refractivity contribution in [1.82, 2.24) is 5.32 Å². The van der Waals surface area contributed by atoms with Gasteiger partial charge in [-0.05, 0) is 30.9 Å². The Labute approximate surface area is 123 Å². The van der Waals surface area contributed by atoms with Crippen LogP contribution in [0.1, 0.15) is 18.4 Å². The summed E-state index contributed by atoms with van der Waals surface area (Å²) in [7, 11) is 1.55. The van der Waals surface area contributed by atoms with Crippen LogP contribution in [-0.4, -0.2) is 31.2 Å². The first-order valence-electron chi connectivity index (χ1n) is 6.47. The molecule has 0 saturated heterocycles. The Morgan fingerprint density at radius 1 is 1.40 bits per heavy atom. The van der Waals surface area contributed by atoms with Gasteiger partial charge in [-0.3, -0.25) is 4.79 Å². The van der Waals surface area contributed by atoms with Crippen molar-refractivity contribution in [3.63, 3.8) is 0 Å². The number of carbonyl (C=O) groups excluding carboxylic acids is 1. The molecule has 2 rings (SSSR count). The zero-order valence-electron chi connectivity index (χ0n) is 11.3. The zero-order valence-corrected chi connectivity index (χ0v) is 12.2. The van der Waals surface area contributed by atoms with E-state index in [4.69, 9.17) is 27.4 Å². The van der Waals surface area contributed by atoms with Crippen LogP contribution in [0.5, 0.6) is 11.5 Å². The summed E-state index contributed by atoms with van der Waals surface area (Å²) in [5.74, 6) is 1.62. The smallest absolute Gasteiger partial charge is 0.257 e. The van der Waals surface area contributed by atoms with Gasteiger partial charge in [-0.25, -0.2) is 0 Å². The molecule has 1 aromatic carbocycles. The van der Waals surface area contributed by atoms with Crippen molar-refractivity contribution in [2.75, 3.05) is 20.3 Å². The van der Waals surface area contributed by atoms with Gasteiger partial charge in [0.05, 0.1) is 7.11 Å². The molecule has 1 fully saturated rings. The Balaban J connectivity index is 1.91. The number of hydrogen-bond acceptors (Lipinski definition) is 4. The third-order valence-electron chi connectivity index (χ3n) is 3.06. The third kappa shape index (κ3) is 4.38. The minimum atomic E-state index is -0.128. The summed E-state index contributed by atoms with van der Waals surface area (Å²) in [5, 5.41) is 2.84. The van der Waals surface area contributed by atoms with Gasteiger partial charge in [-0.2, -0.15) is 0 Å². The van der Waals surface area contributed by atoms with Crippen LogP contribution in [0.2, 0.25) is 0 Å². The van der Waals surface area contributed by atoms with Crippen LogP contribution in [0, 0.1) is 5.92 Å². The molecule has 0 radical (unpaired) electrons. The van der Waals surface area contributed by atoms with Gasteiger partial charge in [0, 0.05) is 18.2 Å². The summed E-state index contributed by atoms with van der Waals surface area (Å²) < 4.78 is 10.6. The van der Waals surface area contributed by atoms with Crippen molar-refractivity contribution in [2.24, 2.45) is 11.7 Å². The van der Waals surface area contributed by atoms with Gasteiger partial charge in [0.25, 0.3) is 5.91 Å². The van der Waals surface area contributed by atoms with E-state index in [1.54, 1.807) is 25.3 Å². The Hall–Kier alpha value is -1.82. The summed E-state index contributed by atoms with van der Waals surface area (Å²) in [4.78, 5) is 11.9. The maximum Gasteiger partial charge on any atom is 0.257 e. The number of methoxy groups -OCH3 is 1. The molecule has 0 aliphatic heterocycles. The van der Waals surface area contributed by atoms with Crippen LogP contribution in [0.3, 0.4) is 0 Å². The number of carbonyl (C=O) groups is 1. The van der Waals surface area contributed by atoms with Gasteiger partial charge in [0.2, 0.25) is 0 Å². The van der Waals surface area contributed by atoms with E-state index < -0.39 is 0 Å². The minimum Gasteiger partial charge on any atom is -0.497 e. The summed E-state index contributed by atoms with van der Waals surface area (Å²) >= 11 is 4.93. The molecule has 1 amide bonds. The van der Waals surface area contributed by atoms with E-state index in [1.165, 1.54) is 12.8 Å². The number of amides is 1. The topological polar surface area (TPSA) is 73.6 Å². The zero-order chi connectivity index (χ0) is 14.5. The number of benzene rings is 1. The second-order valence-corrected chi connectivity index (χ2v) is 5.24. The minimum absolute atomic E-state index is 0.0311. The molecule has 6 heteroatoms. The van der Waals surface area contributed by atoms with Gasteiger partial charge in [-0.15, -0.1) is 0 Å². The molecule has 0 atom stereocenters. The number of thiocarbonyl (C=S) groups is 1. The number of nitrogens with two attached hydrogens (primary N) is 1. The van der Waals surface area contributed by atoms with Crippen molar-refractivity contribution < 1.29 is 14.3 Å². The highest BCUT2D eigenvalue weighted by Gasteiger charge is 2.21. The Kier molecular flexibility index (Phi) is 4.79. The van der Waals surface area contributed by atoms with E-state index in [0.717, 1.165) is 6.54 Å².